The molecule has 0 fully saturated rings. The van der Waals surface area contributed by atoms with Crippen LogP contribution in [-0.2, 0) is 0 Å². The second kappa shape index (κ2) is 6.85. The molecule has 0 aliphatic rings. The number of hydrogen-bond acceptors (Lipinski definition) is 2. The molecule has 0 atom stereocenters. The van der Waals surface area contributed by atoms with Gasteiger partial charge < -0.3 is 5.32 Å². The Morgan fingerprint density at radius 1 is 1.04 bits per heavy atom. The molecule has 0 spiro atoms. The Labute approximate surface area is 154 Å². The third-order valence-corrected chi connectivity index (χ3v) is 4.34. The molecule has 0 radical (unpaired) electrons. The van der Waals surface area contributed by atoms with E-state index in [0.717, 1.165) is 11.4 Å². The lowest BCUT2D eigenvalue weighted by Gasteiger charge is -2.05. The van der Waals surface area contributed by atoms with Crippen LogP contribution >= 0.6 is 34.8 Å². The van der Waals surface area contributed by atoms with E-state index in [-0.39, 0.29) is 5.91 Å². The van der Waals surface area contributed by atoms with Crippen molar-refractivity contribution in [1.82, 2.24) is 9.78 Å². The lowest BCUT2D eigenvalue weighted by atomic mass is 10.2. The lowest BCUT2D eigenvalue weighted by molar-refractivity contribution is 0.102. The summed E-state index contributed by atoms with van der Waals surface area (Å²) < 4.78 is 1.70. The second-order valence-corrected chi connectivity index (χ2v) is 6.40. The zero-order valence-corrected chi connectivity index (χ0v) is 14.8. The normalized spacial score (nSPS) is 10.7. The van der Waals surface area contributed by atoms with Crippen LogP contribution in [-0.4, -0.2) is 15.7 Å². The summed E-state index contributed by atoms with van der Waals surface area (Å²) in [4.78, 5) is 12.3. The first kappa shape index (κ1) is 16.8. The molecule has 0 aliphatic carbocycles. The van der Waals surface area contributed by atoms with Gasteiger partial charge in [0.1, 0.15) is 0 Å². The smallest absolute Gasteiger partial charge is 0.256 e. The number of halogens is 3. The van der Waals surface area contributed by atoms with Crippen molar-refractivity contribution >= 4 is 46.5 Å². The van der Waals surface area contributed by atoms with Crippen LogP contribution in [0.1, 0.15) is 16.1 Å². The highest BCUT2D eigenvalue weighted by Crippen LogP contribution is 2.23. The van der Waals surface area contributed by atoms with Crippen LogP contribution in [0.25, 0.3) is 5.69 Å². The van der Waals surface area contributed by atoms with Gasteiger partial charge in [0.25, 0.3) is 5.91 Å². The molecule has 0 bridgehead atoms. The van der Waals surface area contributed by atoms with E-state index < -0.39 is 0 Å². The standard InChI is InChI=1S/C17H12Cl3N3O/c1-10-7-16(22-23(10)13-4-2-3-12(18)9-13)21-17(24)11-5-6-14(19)15(20)8-11/h2-9H,1H3,(H,21,22,24). The molecule has 2 aromatic carbocycles. The average Bonchev–Trinajstić information content (AvgIpc) is 2.90. The maximum Gasteiger partial charge on any atom is 0.256 e. The predicted molar refractivity (Wildman–Crippen MR) is 97.7 cm³/mol. The zero-order valence-electron chi connectivity index (χ0n) is 12.6. The zero-order chi connectivity index (χ0) is 17.3. The monoisotopic (exact) mass is 379 g/mol. The van der Waals surface area contributed by atoms with Crippen molar-refractivity contribution in [1.29, 1.82) is 0 Å². The Kier molecular flexibility index (Phi) is 4.81. The highest BCUT2D eigenvalue weighted by atomic mass is 35.5. The summed E-state index contributed by atoms with van der Waals surface area (Å²) in [5.41, 5.74) is 2.08. The number of hydrogen-bond donors (Lipinski definition) is 1. The Balaban J connectivity index is 1.85. The number of amides is 1. The van der Waals surface area contributed by atoms with Crippen molar-refractivity contribution in [3.05, 3.63) is 74.9 Å². The van der Waals surface area contributed by atoms with Gasteiger partial charge in [-0.3, -0.25) is 4.79 Å². The summed E-state index contributed by atoms with van der Waals surface area (Å²) >= 11 is 17.8. The number of nitrogens with zero attached hydrogens (tertiary/aromatic N) is 2. The topological polar surface area (TPSA) is 46.9 Å². The van der Waals surface area contributed by atoms with Crippen molar-refractivity contribution in [3.8, 4) is 5.69 Å². The fourth-order valence-corrected chi connectivity index (χ4v) is 2.71. The first-order chi connectivity index (χ1) is 11.4. The number of aryl methyl sites for hydroxylation is 1. The fourth-order valence-electron chi connectivity index (χ4n) is 2.23. The third-order valence-electron chi connectivity index (χ3n) is 3.36. The Hall–Kier alpha value is -2.01. The molecule has 1 amide bonds. The van der Waals surface area contributed by atoms with Gasteiger partial charge in [0, 0.05) is 22.3 Å². The lowest BCUT2D eigenvalue weighted by Crippen LogP contribution is -2.12. The minimum absolute atomic E-state index is 0.315. The molecule has 4 nitrogen and oxygen atoms in total. The highest BCUT2D eigenvalue weighted by molar-refractivity contribution is 6.42. The Bertz CT molecular complexity index is 921. The van der Waals surface area contributed by atoms with E-state index in [9.17, 15) is 4.79 Å². The summed E-state index contributed by atoms with van der Waals surface area (Å²) in [6.07, 6.45) is 0. The minimum Gasteiger partial charge on any atom is -0.305 e. The number of carbonyl (C=O) groups is 1. The molecule has 7 heteroatoms. The molecule has 0 saturated carbocycles. The Morgan fingerprint density at radius 2 is 1.83 bits per heavy atom. The number of aromatic nitrogens is 2. The maximum absolute atomic E-state index is 12.3. The van der Waals surface area contributed by atoms with Crippen LogP contribution < -0.4 is 5.32 Å². The molecule has 0 unspecified atom stereocenters. The van der Waals surface area contributed by atoms with Gasteiger partial charge >= 0.3 is 0 Å². The van der Waals surface area contributed by atoms with Gasteiger partial charge in [-0.05, 0) is 43.3 Å². The molecule has 1 heterocycles. The van der Waals surface area contributed by atoms with Gasteiger partial charge in [0.2, 0.25) is 0 Å². The van der Waals surface area contributed by atoms with Crippen molar-refractivity contribution in [2.24, 2.45) is 0 Å². The van der Waals surface area contributed by atoms with E-state index in [1.807, 2.05) is 19.1 Å². The minimum atomic E-state index is -0.315. The molecule has 3 aromatic rings. The molecule has 1 aromatic heterocycles. The quantitative estimate of drug-likeness (QED) is 0.662. The molecule has 24 heavy (non-hydrogen) atoms. The molecule has 1 N–H and O–H groups in total. The van der Waals surface area contributed by atoms with Crippen LogP contribution in [0.2, 0.25) is 15.1 Å². The van der Waals surface area contributed by atoms with Crippen LogP contribution in [0.15, 0.2) is 48.5 Å². The van der Waals surface area contributed by atoms with Crippen LogP contribution in [0.5, 0.6) is 0 Å². The molecular formula is C17H12Cl3N3O. The van der Waals surface area contributed by atoms with Gasteiger partial charge in [-0.25, -0.2) is 4.68 Å². The number of nitrogens with one attached hydrogen (secondary N) is 1. The van der Waals surface area contributed by atoms with Gasteiger partial charge in [0.05, 0.1) is 15.7 Å². The van der Waals surface area contributed by atoms with Crippen molar-refractivity contribution < 1.29 is 4.79 Å². The number of carbonyl (C=O) groups excluding carboxylic acids is 1. The van der Waals surface area contributed by atoms with Gasteiger partial charge in [-0.2, -0.15) is 0 Å². The highest BCUT2D eigenvalue weighted by Gasteiger charge is 2.12. The molecular weight excluding hydrogens is 369 g/mol. The van der Waals surface area contributed by atoms with Crippen molar-refractivity contribution in [2.75, 3.05) is 5.32 Å². The van der Waals surface area contributed by atoms with E-state index in [0.29, 0.717) is 26.4 Å². The average molecular weight is 381 g/mol. The molecule has 3 rings (SSSR count). The van der Waals surface area contributed by atoms with E-state index in [4.69, 9.17) is 34.8 Å². The van der Waals surface area contributed by atoms with E-state index in [1.165, 1.54) is 6.07 Å². The van der Waals surface area contributed by atoms with Crippen molar-refractivity contribution in [3.63, 3.8) is 0 Å². The van der Waals surface area contributed by atoms with E-state index >= 15 is 0 Å². The van der Waals surface area contributed by atoms with Gasteiger partial charge in [-0.15, -0.1) is 5.10 Å². The summed E-state index contributed by atoms with van der Waals surface area (Å²) in [7, 11) is 0. The first-order valence-corrected chi connectivity index (χ1v) is 8.16. The Morgan fingerprint density at radius 3 is 2.54 bits per heavy atom. The largest absolute Gasteiger partial charge is 0.305 e. The van der Waals surface area contributed by atoms with Crippen LogP contribution in [0, 0.1) is 6.92 Å². The summed E-state index contributed by atoms with van der Waals surface area (Å²) in [5.74, 6) is 0.118. The van der Waals surface area contributed by atoms with Crippen LogP contribution in [0.4, 0.5) is 5.82 Å². The van der Waals surface area contributed by atoms with Gasteiger partial charge in [-0.1, -0.05) is 40.9 Å². The van der Waals surface area contributed by atoms with Crippen molar-refractivity contribution in [2.45, 2.75) is 6.92 Å². The first-order valence-electron chi connectivity index (χ1n) is 7.03. The second-order valence-electron chi connectivity index (χ2n) is 5.15. The summed E-state index contributed by atoms with van der Waals surface area (Å²) in [5, 5.41) is 8.47. The predicted octanol–water partition coefficient (Wildman–Crippen LogP) is 5.39. The number of benzene rings is 2. The number of rotatable bonds is 3. The summed E-state index contributed by atoms with van der Waals surface area (Å²) in [6.45, 7) is 1.89. The van der Waals surface area contributed by atoms with Crippen LogP contribution in [0.3, 0.4) is 0 Å². The SMILES string of the molecule is Cc1cc(NC(=O)c2ccc(Cl)c(Cl)c2)nn1-c1cccc(Cl)c1. The third kappa shape index (κ3) is 3.56. The van der Waals surface area contributed by atoms with E-state index in [1.54, 1.807) is 35.0 Å². The molecule has 122 valence electrons. The van der Waals surface area contributed by atoms with E-state index in [2.05, 4.69) is 10.4 Å². The molecule has 0 aliphatic heterocycles. The fraction of sp³-hybridized carbons (Fsp3) is 0.0588. The maximum atomic E-state index is 12.3. The van der Waals surface area contributed by atoms with Gasteiger partial charge in [0.15, 0.2) is 5.82 Å². The molecule has 0 saturated heterocycles. The number of anilines is 1. The summed E-state index contributed by atoms with van der Waals surface area (Å²) in [6, 6.07) is 13.8.